The number of nitrogens with zero attached hydrogens (tertiary/aromatic N) is 1. The maximum absolute atomic E-state index is 12.3. The lowest BCUT2D eigenvalue weighted by atomic mass is 9.98. The lowest BCUT2D eigenvalue weighted by Crippen LogP contribution is -2.37. The average molecular weight is 262 g/mol. The van der Waals surface area contributed by atoms with Gasteiger partial charge in [0.2, 0.25) is 0 Å². The van der Waals surface area contributed by atoms with Crippen molar-refractivity contribution in [3.8, 4) is 0 Å². The fraction of sp³-hybridized carbons (Fsp3) is 0.562. The Bertz CT molecular complexity index is 413. The summed E-state index contributed by atoms with van der Waals surface area (Å²) in [5.41, 5.74) is 4.24. The topological polar surface area (TPSA) is 32.3 Å². The third-order valence-electron chi connectivity index (χ3n) is 3.59. The summed E-state index contributed by atoms with van der Waals surface area (Å²) in [7, 11) is 0. The molecule has 3 heteroatoms. The van der Waals surface area contributed by atoms with Crippen molar-refractivity contribution in [2.45, 2.75) is 41.0 Å². The normalized spacial score (nSPS) is 10.8. The molecule has 1 aromatic carbocycles. The molecule has 0 spiro atoms. The van der Waals surface area contributed by atoms with Crippen LogP contribution in [0.2, 0.25) is 0 Å². The highest BCUT2D eigenvalue weighted by Gasteiger charge is 2.13. The van der Waals surface area contributed by atoms with Gasteiger partial charge in [-0.3, -0.25) is 9.69 Å². The summed E-state index contributed by atoms with van der Waals surface area (Å²) < 4.78 is 0. The van der Waals surface area contributed by atoms with Gasteiger partial charge in [-0.05, 0) is 50.0 Å². The average Bonchev–Trinajstić information content (AvgIpc) is 2.38. The summed E-state index contributed by atoms with van der Waals surface area (Å²) in [6.07, 6.45) is 1.00. The molecule has 0 aromatic heterocycles. The van der Waals surface area contributed by atoms with Crippen molar-refractivity contribution in [2.75, 3.05) is 19.8 Å². The van der Waals surface area contributed by atoms with Crippen LogP contribution in [0.15, 0.2) is 12.1 Å². The van der Waals surface area contributed by atoms with Crippen LogP contribution in [0.5, 0.6) is 0 Å². The summed E-state index contributed by atoms with van der Waals surface area (Å²) in [6.45, 7) is 12.9. The molecule has 106 valence electrons. The van der Waals surface area contributed by atoms with Crippen LogP contribution in [-0.4, -0.2) is 30.6 Å². The molecule has 0 unspecified atom stereocenters. The van der Waals surface area contributed by atoms with Crippen molar-refractivity contribution < 1.29 is 4.79 Å². The van der Waals surface area contributed by atoms with Crippen LogP contribution in [-0.2, 0) is 6.42 Å². The van der Waals surface area contributed by atoms with Gasteiger partial charge in [-0.1, -0.05) is 32.9 Å². The van der Waals surface area contributed by atoms with Crippen molar-refractivity contribution in [2.24, 2.45) is 0 Å². The minimum absolute atomic E-state index is 0.0320. The van der Waals surface area contributed by atoms with Gasteiger partial charge in [0.05, 0.1) is 6.67 Å². The van der Waals surface area contributed by atoms with Crippen LogP contribution in [0.1, 0.15) is 47.8 Å². The monoisotopic (exact) mass is 262 g/mol. The predicted molar refractivity (Wildman–Crippen MR) is 80.5 cm³/mol. The molecule has 1 amide bonds. The third-order valence-corrected chi connectivity index (χ3v) is 3.59. The Hall–Kier alpha value is -1.35. The van der Waals surface area contributed by atoms with Gasteiger partial charge in [0.15, 0.2) is 0 Å². The summed E-state index contributed by atoms with van der Waals surface area (Å²) in [5.74, 6) is 0.0320. The second kappa shape index (κ2) is 7.29. The zero-order chi connectivity index (χ0) is 14.4. The maximum Gasteiger partial charge on any atom is 0.252 e. The smallest absolute Gasteiger partial charge is 0.252 e. The molecule has 3 nitrogen and oxygen atoms in total. The van der Waals surface area contributed by atoms with Gasteiger partial charge < -0.3 is 5.32 Å². The molecular weight excluding hydrogens is 236 g/mol. The molecule has 0 saturated carbocycles. The lowest BCUT2D eigenvalue weighted by Gasteiger charge is -2.19. The number of amides is 1. The first-order valence-electron chi connectivity index (χ1n) is 7.14. The van der Waals surface area contributed by atoms with Gasteiger partial charge in [-0.15, -0.1) is 0 Å². The number of carbonyl (C=O) groups excluding carboxylic acids is 1. The zero-order valence-corrected chi connectivity index (χ0v) is 12.8. The van der Waals surface area contributed by atoms with Crippen molar-refractivity contribution in [1.82, 2.24) is 10.2 Å². The molecule has 0 aliphatic carbocycles. The Balaban J connectivity index is 2.82. The first kappa shape index (κ1) is 15.7. The summed E-state index contributed by atoms with van der Waals surface area (Å²) in [6, 6.07) is 4.22. The van der Waals surface area contributed by atoms with Crippen LogP contribution in [0.3, 0.4) is 0 Å². The van der Waals surface area contributed by atoms with Gasteiger partial charge in [-0.25, -0.2) is 0 Å². The predicted octanol–water partition coefficient (Wildman–Crippen LogP) is 2.89. The van der Waals surface area contributed by atoms with E-state index in [9.17, 15) is 4.79 Å². The second-order valence-electron chi connectivity index (χ2n) is 4.93. The minimum Gasteiger partial charge on any atom is -0.339 e. The Kier molecular flexibility index (Phi) is 6.03. The highest BCUT2D eigenvalue weighted by molar-refractivity contribution is 5.97. The van der Waals surface area contributed by atoms with Crippen molar-refractivity contribution in [1.29, 1.82) is 0 Å². The minimum atomic E-state index is 0.0320. The Morgan fingerprint density at radius 1 is 1.11 bits per heavy atom. The van der Waals surface area contributed by atoms with Gasteiger partial charge in [0.1, 0.15) is 0 Å². The SMILES string of the molecule is CCc1cc(C)c(C(=O)NCN(CC)CC)c(C)c1. The van der Waals surface area contributed by atoms with Crippen LogP contribution < -0.4 is 5.32 Å². The standard InChI is InChI=1S/C16H26N2O/c1-6-14-9-12(4)15(13(5)10-14)16(19)17-11-18(7-2)8-3/h9-10H,6-8,11H2,1-5H3,(H,17,19). The molecule has 1 rings (SSSR count). The third kappa shape index (κ3) is 4.06. The molecule has 0 fully saturated rings. The fourth-order valence-corrected chi connectivity index (χ4v) is 2.33. The molecular formula is C16H26N2O. The highest BCUT2D eigenvalue weighted by Crippen LogP contribution is 2.17. The van der Waals surface area contributed by atoms with Gasteiger partial charge in [-0.2, -0.15) is 0 Å². The van der Waals surface area contributed by atoms with E-state index in [2.05, 4.69) is 43.1 Å². The van der Waals surface area contributed by atoms with E-state index in [0.717, 1.165) is 36.2 Å². The molecule has 0 saturated heterocycles. The number of carbonyl (C=O) groups is 1. The quantitative estimate of drug-likeness (QED) is 0.800. The summed E-state index contributed by atoms with van der Waals surface area (Å²) >= 11 is 0. The van der Waals surface area contributed by atoms with E-state index in [1.54, 1.807) is 0 Å². The number of nitrogens with one attached hydrogen (secondary N) is 1. The Labute approximate surface area is 117 Å². The van der Waals surface area contributed by atoms with E-state index in [1.165, 1.54) is 5.56 Å². The zero-order valence-electron chi connectivity index (χ0n) is 12.8. The molecule has 0 heterocycles. The van der Waals surface area contributed by atoms with Gasteiger partial charge in [0, 0.05) is 5.56 Å². The lowest BCUT2D eigenvalue weighted by molar-refractivity contribution is 0.0925. The van der Waals surface area contributed by atoms with Crippen LogP contribution in [0.4, 0.5) is 0 Å². The molecule has 0 bridgehead atoms. The van der Waals surface area contributed by atoms with E-state index in [0.29, 0.717) is 6.67 Å². The van der Waals surface area contributed by atoms with E-state index < -0.39 is 0 Å². The van der Waals surface area contributed by atoms with Gasteiger partial charge >= 0.3 is 0 Å². The molecule has 19 heavy (non-hydrogen) atoms. The highest BCUT2D eigenvalue weighted by atomic mass is 16.1. The van der Waals surface area contributed by atoms with Crippen LogP contribution in [0, 0.1) is 13.8 Å². The molecule has 0 aliphatic heterocycles. The van der Waals surface area contributed by atoms with Gasteiger partial charge in [0.25, 0.3) is 5.91 Å². The first-order valence-corrected chi connectivity index (χ1v) is 7.14. The first-order chi connectivity index (χ1) is 9.03. The number of hydrogen-bond acceptors (Lipinski definition) is 2. The largest absolute Gasteiger partial charge is 0.339 e. The van der Waals surface area contributed by atoms with Crippen LogP contribution in [0.25, 0.3) is 0 Å². The Morgan fingerprint density at radius 2 is 1.63 bits per heavy atom. The molecule has 1 aromatic rings. The van der Waals surface area contributed by atoms with E-state index in [-0.39, 0.29) is 5.91 Å². The van der Waals surface area contributed by atoms with E-state index in [1.807, 2.05) is 13.8 Å². The summed E-state index contributed by atoms with van der Waals surface area (Å²) in [4.78, 5) is 14.5. The molecule has 0 aliphatic rings. The number of aryl methyl sites for hydroxylation is 3. The summed E-state index contributed by atoms with van der Waals surface area (Å²) in [5, 5.41) is 3.01. The molecule has 0 atom stereocenters. The fourth-order valence-electron chi connectivity index (χ4n) is 2.33. The Morgan fingerprint density at radius 3 is 2.05 bits per heavy atom. The van der Waals surface area contributed by atoms with E-state index in [4.69, 9.17) is 0 Å². The number of hydrogen-bond donors (Lipinski definition) is 1. The second-order valence-corrected chi connectivity index (χ2v) is 4.93. The van der Waals surface area contributed by atoms with Crippen LogP contribution >= 0.6 is 0 Å². The van der Waals surface area contributed by atoms with Crippen molar-refractivity contribution in [3.05, 3.63) is 34.4 Å². The molecule has 1 N–H and O–H groups in total. The van der Waals surface area contributed by atoms with E-state index >= 15 is 0 Å². The van der Waals surface area contributed by atoms with Crippen molar-refractivity contribution in [3.63, 3.8) is 0 Å². The molecule has 0 radical (unpaired) electrons. The maximum atomic E-state index is 12.3. The number of benzene rings is 1. The number of rotatable bonds is 6. The van der Waals surface area contributed by atoms with Crippen molar-refractivity contribution >= 4 is 5.91 Å².